The van der Waals surface area contributed by atoms with Gasteiger partial charge < -0.3 is 9.84 Å². The zero-order chi connectivity index (χ0) is 20.8. The maximum absolute atomic E-state index is 10.5. The topological polar surface area (TPSA) is 32.7 Å². The molecular weight excluding hydrogens is 382 g/mol. The van der Waals surface area contributed by atoms with Crippen LogP contribution in [-0.2, 0) is 0 Å². The molecule has 5 aliphatic rings. The zero-order valence-electron chi connectivity index (χ0n) is 18.4. The van der Waals surface area contributed by atoms with Gasteiger partial charge in [0.25, 0.3) is 0 Å². The van der Waals surface area contributed by atoms with Crippen molar-refractivity contribution in [3.8, 4) is 16.9 Å². The van der Waals surface area contributed by atoms with Crippen LogP contribution in [0.3, 0.4) is 0 Å². The van der Waals surface area contributed by atoms with Crippen LogP contribution in [0.2, 0.25) is 0 Å². The molecule has 164 valence electrons. The van der Waals surface area contributed by atoms with Crippen molar-refractivity contribution >= 4 is 0 Å². The van der Waals surface area contributed by atoms with E-state index in [-0.39, 0.29) is 0 Å². The molecular formula is C28H35NO2. The van der Waals surface area contributed by atoms with Gasteiger partial charge in [0.15, 0.2) is 0 Å². The molecule has 1 atom stereocenters. The molecule has 3 nitrogen and oxygen atoms in total. The highest BCUT2D eigenvalue weighted by Gasteiger charge is 2.52. The summed E-state index contributed by atoms with van der Waals surface area (Å²) in [5.74, 6) is 6.88. The predicted octanol–water partition coefficient (Wildman–Crippen LogP) is 5.10. The zero-order valence-corrected chi connectivity index (χ0v) is 18.4. The molecule has 0 spiro atoms. The molecule has 1 heterocycles. The molecule has 1 unspecified atom stereocenters. The Kier molecular flexibility index (Phi) is 5.28. The standard InChI is InChI=1S/C28H35NO2/c30-26(18-31-27-8-6-22(7-9-27)21-4-2-1-3-5-21)17-29-15-25(16-29)28-23-11-19-10-20(13-23)14-24(28)12-19/h1-9,19-20,23-26,28,30H,10-18H2. The molecule has 1 saturated heterocycles. The van der Waals surface area contributed by atoms with Crippen molar-refractivity contribution in [1.29, 1.82) is 0 Å². The highest BCUT2D eigenvalue weighted by atomic mass is 16.5. The largest absolute Gasteiger partial charge is 0.491 e. The number of benzene rings is 2. The van der Waals surface area contributed by atoms with Gasteiger partial charge in [-0.05, 0) is 90.9 Å². The van der Waals surface area contributed by atoms with Crippen molar-refractivity contribution in [1.82, 2.24) is 4.90 Å². The molecule has 1 aliphatic heterocycles. The number of aliphatic hydroxyl groups is 1. The van der Waals surface area contributed by atoms with Crippen LogP contribution in [0.15, 0.2) is 54.6 Å². The summed E-state index contributed by atoms with van der Waals surface area (Å²) in [6.45, 7) is 3.49. The first-order chi connectivity index (χ1) is 15.2. The van der Waals surface area contributed by atoms with Gasteiger partial charge >= 0.3 is 0 Å². The molecule has 31 heavy (non-hydrogen) atoms. The number of β-amino-alcohol motifs (C(OH)–C–C–N with tert-alkyl or cyclic N) is 1. The Bertz CT molecular complexity index is 846. The van der Waals surface area contributed by atoms with E-state index in [1.54, 1.807) is 0 Å². The summed E-state index contributed by atoms with van der Waals surface area (Å²) in [7, 11) is 0. The second-order valence-corrected chi connectivity index (χ2v) is 10.8. The Balaban J connectivity index is 0.955. The summed E-state index contributed by atoms with van der Waals surface area (Å²) in [6, 6.07) is 18.5. The molecule has 5 fully saturated rings. The monoisotopic (exact) mass is 417 g/mol. The Hall–Kier alpha value is -1.84. The van der Waals surface area contributed by atoms with E-state index in [4.69, 9.17) is 4.74 Å². The van der Waals surface area contributed by atoms with Gasteiger partial charge in [0, 0.05) is 19.6 Å². The van der Waals surface area contributed by atoms with Crippen LogP contribution in [-0.4, -0.2) is 42.4 Å². The minimum Gasteiger partial charge on any atom is -0.491 e. The number of hydrogen-bond acceptors (Lipinski definition) is 3. The second kappa shape index (κ2) is 8.26. The third kappa shape index (κ3) is 4.03. The number of aliphatic hydroxyl groups excluding tert-OH is 1. The minimum atomic E-state index is -0.423. The van der Waals surface area contributed by atoms with Gasteiger partial charge in [0.1, 0.15) is 18.5 Å². The fourth-order valence-corrected chi connectivity index (χ4v) is 7.66. The van der Waals surface area contributed by atoms with E-state index in [1.807, 2.05) is 18.2 Å². The van der Waals surface area contributed by atoms with Gasteiger partial charge in [0.2, 0.25) is 0 Å². The van der Waals surface area contributed by atoms with E-state index >= 15 is 0 Å². The summed E-state index contributed by atoms with van der Waals surface area (Å²) in [6.07, 6.45) is 7.20. The molecule has 0 radical (unpaired) electrons. The third-order valence-electron chi connectivity index (χ3n) is 8.70. The summed E-state index contributed by atoms with van der Waals surface area (Å²) in [5.41, 5.74) is 2.39. The van der Waals surface area contributed by atoms with E-state index in [2.05, 4.69) is 41.3 Å². The van der Waals surface area contributed by atoms with Gasteiger partial charge in [-0.15, -0.1) is 0 Å². The lowest BCUT2D eigenvalue weighted by Crippen LogP contribution is -2.58. The summed E-state index contributed by atoms with van der Waals surface area (Å²) >= 11 is 0. The van der Waals surface area contributed by atoms with Crippen molar-refractivity contribution in [2.75, 3.05) is 26.2 Å². The number of ether oxygens (including phenoxy) is 1. The Labute approximate surface area is 186 Å². The molecule has 1 N–H and O–H groups in total. The third-order valence-corrected chi connectivity index (χ3v) is 8.70. The van der Waals surface area contributed by atoms with E-state index in [1.165, 1.54) is 56.3 Å². The van der Waals surface area contributed by atoms with Gasteiger partial charge in [0.05, 0.1) is 0 Å². The molecule has 4 bridgehead atoms. The van der Waals surface area contributed by atoms with Gasteiger partial charge in [-0.1, -0.05) is 42.5 Å². The lowest BCUT2D eigenvalue weighted by molar-refractivity contribution is -0.102. The van der Waals surface area contributed by atoms with Crippen LogP contribution in [0.1, 0.15) is 32.1 Å². The van der Waals surface area contributed by atoms with Crippen LogP contribution in [0.4, 0.5) is 0 Å². The molecule has 2 aromatic carbocycles. The molecule has 2 aromatic rings. The van der Waals surface area contributed by atoms with Crippen LogP contribution >= 0.6 is 0 Å². The molecule has 7 rings (SSSR count). The second-order valence-electron chi connectivity index (χ2n) is 10.8. The summed E-state index contributed by atoms with van der Waals surface area (Å²) in [5, 5.41) is 10.5. The molecule has 4 saturated carbocycles. The lowest BCUT2D eigenvalue weighted by atomic mass is 9.49. The first-order valence-corrected chi connectivity index (χ1v) is 12.4. The first-order valence-electron chi connectivity index (χ1n) is 12.4. The lowest BCUT2D eigenvalue weighted by Gasteiger charge is -2.59. The SMILES string of the molecule is OC(COc1ccc(-c2ccccc2)cc1)CN1CC(C2C3CC4CC(C3)CC2C4)C1. The highest BCUT2D eigenvalue weighted by molar-refractivity contribution is 5.63. The van der Waals surface area contributed by atoms with Crippen LogP contribution in [0.25, 0.3) is 11.1 Å². The van der Waals surface area contributed by atoms with Crippen LogP contribution in [0.5, 0.6) is 5.75 Å². The number of nitrogens with zero attached hydrogens (tertiary/aromatic N) is 1. The van der Waals surface area contributed by atoms with E-state index in [0.717, 1.165) is 47.8 Å². The highest BCUT2D eigenvalue weighted by Crippen LogP contribution is 2.59. The number of hydrogen-bond donors (Lipinski definition) is 1. The maximum atomic E-state index is 10.5. The van der Waals surface area contributed by atoms with Crippen molar-refractivity contribution in [2.24, 2.45) is 35.5 Å². The van der Waals surface area contributed by atoms with E-state index in [0.29, 0.717) is 6.61 Å². The van der Waals surface area contributed by atoms with Crippen LogP contribution in [0, 0.1) is 35.5 Å². The smallest absolute Gasteiger partial charge is 0.119 e. The fraction of sp³-hybridized carbons (Fsp3) is 0.571. The molecule has 4 aliphatic carbocycles. The van der Waals surface area contributed by atoms with Crippen molar-refractivity contribution in [3.63, 3.8) is 0 Å². The molecule has 0 amide bonds. The van der Waals surface area contributed by atoms with Crippen LogP contribution < -0.4 is 4.74 Å². The van der Waals surface area contributed by atoms with Crippen molar-refractivity contribution < 1.29 is 9.84 Å². The van der Waals surface area contributed by atoms with E-state index in [9.17, 15) is 5.11 Å². The average Bonchev–Trinajstić information content (AvgIpc) is 2.76. The maximum Gasteiger partial charge on any atom is 0.119 e. The average molecular weight is 418 g/mol. The normalized spacial score (nSPS) is 33.3. The molecule has 3 heteroatoms. The number of likely N-dealkylation sites (tertiary alicyclic amines) is 1. The Morgan fingerprint density at radius 3 is 2.03 bits per heavy atom. The predicted molar refractivity (Wildman–Crippen MR) is 124 cm³/mol. The Morgan fingerprint density at radius 2 is 1.39 bits per heavy atom. The van der Waals surface area contributed by atoms with E-state index < -0.39 is 6.10 Å². The van der Waals surface area contributed by atoms with Crippen molar-refractivity contribution in [2.45, 2.75) is 38.2 Å². The van der Waals surface area contributed by atoms with Gasteiger partial charge in [-0.2, -0.15) is 0 Å². The molecule has 0 aromatic heterocycles. The first kappa shape index (κ1) is 19.8. The summed E-state index contributed by atoms with van der Waals surface area (Å²) in [4.78, 5) is 2.45. The summed E-state index contributed by atoms with van der Waals surface area (Å²) < 4.78 is 5.87. The van der Waals surface area contributed by atoms with Gasteiger partial charge in [-0.3, -0.25) is 4.90 Å². The number of rotatable bonds is 7. The minimum absolute atomic E-state index is 0.365. The quantitative estimate of drug-likeness (QED) is 0.680. The van der Waals surface area contributed by atoms with Gasteiger partial charge in [-0.25, -0.2) is 0 Å². The Morgan fingerprint density at radius 1 is 0.774 bits per heavy atom. The van der Waals surface area contributed by atoms with Crippen molar-refractivity contribution in [3.05, 3.63) is 54.6 Å². The fourth-order valence-electron chi connectivity index (χ4n) is 7.66.